The summed E-state index contributed by atoms with van der Waals surface area (Å²) in [6.07, 6.45) is 3.58. The zero-order valence-corrected chi connectivity index (χ0v) is 13.0. The van der Waals surface area contributed by atoms with Crippen molar-refractivity contribution in [3.8, 4) is 10.6 Å². The molecule has 0 radical (unpaired) electrons. The van der Waals surface area contributed by atoms with Gasteiger partial charge in [0.25, 0.3) is 0 Å². The first kappa shape index (κ1) is 13.5. The van der Waals surface area contributed by atoms with E-state index in [9.17, 15) is 8.42 Å². The first-order valence-electron chi connectivity index (χ1n) is 5.73. The van der Waals surface area contributed by atoms with Crippen LogP contribution in [0.25, 0.3) is 10.6 Å². The van der Waals surface area contributed by atoms with Crippen LogP contribution in [0.3, 0.4) is 0 Å². The zero-order chi connectivity index (χ0) is 14.2. The van der Waals surface area contributed by atoms with E-state index in [1.807, 2.05) is 13.2 Å². The third-order valence-corrected chi connectivity index (χ3v) is 6.12. The minimum Gasteiger partial charge on any atom is -0.275 e. The monoisotopic (exact) mass is 325 g/mol. The van der Waals surface area contributed by atoms with Gasteiger partial charge in [0.2, 0.25) is 0 Å². The van der Waals surface area contributed by atoms with Crippen molar-refractivity contribution in [2.45, 2.75) is 10.6 Å². The van der Waals surface area contributed by atoms with Crippen LogP contribution in [0.5, 0.6) is 0 Å². The Bertz CT molecular complexity index is 816. The molecule has 0 aromatic carbocycles. The zero-order valence-electron chi connectivity index (χ0n) is 10.6. The van der Waals surface area contributed by atoms with E-state index < -0.39 is 9.84 Å². The van der Waals surface area contributed by atoms with Crippen molar-refractivity contribution >= 4 is 32.5 Å². The van der Waals surface area contributed by atoms with E-state index in [-0.39, 0.29) is 5.75 Å². The fourth-order valence-corrected chi connectivity index (χ4v) is 4.98. The van der Waals surface area contributed by atoms with Gasteiger partial charge in [-0.1, -0.05) is 0 Å². The molecule has 0 fully saturated rings. The molecule has 8 heteroatoms. The molecule has 104 valence electrons. The number of aromatic nitrogens is 3. The topological polar surface area (TPSA) is 64.8 Å². The Morgan fingerprint density at radius 2 is 2.20 bits per heavy atom. The molecule has 20 heavy (non-hydrogen) atoms. The van der Waals surface area contributed by atoms with Crippen LogP contribution in [-0.4, -0.2) is 23.2 Å². The normalized spacial score (nSPS) is 11.8. The molecule has 3 heterocycles. The minimum atomic E-state index is -3.30. The summed E-state index contributed by atoms with van der Waals surface area (Å²) in [4.78, 5) is 4.74. The molecule has 0 atom stereocenters. The van der Waals surface area contributed by atoms with E-state index in [0.717, 1.165) is 10.6 Å². The smallest absolute Gasteiger partial charge is 0.184 e. The molecule has 0 spiro atoms. The molecular formula is C12H11N3O2S3. The average molecular weight is 325 g/mol. The first-order valence-corrected chi connectivity index (χ1v) is 9.20. The Balaban J connectivity index is 1.85. The molecule has 3 rings (SSSR count). The predicted octanol–water partition coefficient (Wildman–Crippen LogP) is 2.58. The van der Waals surface area contributed by atoms with Crippen LogP contribution in [0.15, 0.2) is 39.5 Å². The second-order valence-corrected chi connectivity index (χ2v) is 7.89. The van der Waals surface area contributed by atoms with Crippen LogP contribution in [0.1, 0.15) is 5.69 Å². The maximum absolute atomic E-state index is 12.2. The molecule has 0 unspecified atom stereocenters. The Labute approximate surface area is 124 Å². The Morgan fingerprint density at radius 1 is 1.35 bits per heavy atom. The second kappa shape index (κ2) is 5.12. The van der Waals surface area contributed by atoms with Gasteiger partial charge in [-0.2, -0.15) is 16.4 Å². The van der Waals surface area contributed by atoms with Crippen molar-refractivity contribution < 1.29 is 8.42 Å². The summed E-state index contributed by atoms with van der Waals surface area (Å²) < 4.78 is 26.0. The first-order chi connectivity index (χ1) is 9.54. The molecule has 0 aliphatic heterocycles. The van der Waals surface area contributed by atoms with Gasteiger partial charge in [-0.3, -0.25) is 4.68 Å². The summed E-state index contributed by atoms with van der Waals surface area (Å²) >= 11 is 2.80. The lowest BCUT2D eigenvalue weighted by Gasteiger charge is -1.98. The van der Waals surface area contributed by atoms with Crippen molar-refractivity contribution in [3.63, 3.8) is 0 Å². The Kier molecular flexibility index (Phi) is 3.45. The highest BCUT2D eigenvalue weighted by Gasteiger charge is 2.18. The van der Waals surface area contributed by atoms with Gasteiger partial charge in [-0.25, -0.2) is 13.4 Å². The molecule has 0 saturated carbocycles. The third kappa shape index (κ3) is 2.67. The maximum Gasteiger partial charge on any atom is 0.184 e. The summed E-state index contributed by atoms with van der Waals surface area (Å²) in [5.41, 5.74) is 1.47. The number of nitrogens with zero attached hydrogens (tertiary/aromatic N) is 3. The summed E-state index contributed by atoms with van der Waals surface area (Å²) in [6.45, 7) is 0. The van der Waals surface area contributed by atoms with Gasteiger partial charge < -0.3 is 0 Å². The van der Waals surface area contributed by atoms with Gasteiger partial charge in [0.1, 0.15) is 5.01 Å². The number of thiazole rings is 1. The number of thiophene rings is 1. The van der Waals surface area contributed by atoms with Crippen LogP contribution >= 0.6 is 22.7 Å². The molecule has 0 bridgehead atoms. The number of rotatable bonds is 4. The highest BCUT2D eigenvalue weighted by atomic mass is 32.2. The number of sulfone groups is 1. The van der Waals surface area contributed by atoms with E-state index in [0.29, 0.717) is 10.6 Å². The predicted molar refractivity (Wildman–Crippen MR) is 79.5 cm³/mol. The highest BCUT2D eigenvalue weighted by molar-refractivity contribution is 7.90. The van der Waals surface area contributed by atoms with Crippen LogP contribution in [0, 0.1) is 0 Å². The maximum atomic E-state index is 12.2. The average Bonchev–Trinajstić information content (AvgIpc) is 3.07. The molecular weight excluding hydrogens is 314 g/mol. The van der Waals surface area contributed by atoms with Crippen molar-refractivity contribution in [1.82, 2.24) is 14.8 Å². The summed E-state index contributed by atoms with van der Waals surface area (Å²) in [5.74, 6) is -0.0690. The van der Waals surface area contributed by atoms with Crippen molar-refractivity contribution in [2.24, 2.45) is 7.05 Å². The third-order valence-electron chi connectivity index (χ3n) is 2.70. The van der Waals surface area contributed by atoms with E-state index in [4.69, 9.17) is 0 Å². The van der Waals surface area contributed by atoms with Gasteiger partial charge in [-0.15, -0.1) is 11.3 Å². The Morgan fingerprint density at radius 3 is 2.85 bits per heavy atom. The summed E-state index contributed by atoms with van der Waals surface area (Å²) in [7, 11) is -1.47. The van der Waals surface area contributed by atoms with E-state index in [1.165, 1.54) is 22.7 Å². The quantitative estimate of drug-likeness (QED) is 0.739. The summed E-state index contributed by atoms with van der Waals surface area (Å²) in [6, 6.07) is 1.62. The standard InChI is InChI=1S/C12H11N3O2S3/c1-15-5-9(4-13-15)12-14-10(6-19-12)8-20(16,17)11-2-3-18-7-11/h2-7H,8H2,1H3. The largest absolute Gasteiger partial charge is 0.275 e. The SMILES string of the molecule is Cn1cc(-c2nc(CS(=O)(=O)c3ccsc3)cs2)cn1. The van der Waals surface area contributed by atoms with Gasteiger partial charge in [0, 0.05) is 29.6 Å². The molecule has 3 aromatic rings. The molecule has 0 saturated heterocycles. The van der Waals surface area contributed by atoms with Crippen LogP contribution in [0.4, 0.5) is 0 Å². The van der Waals surface area contributed by atoms with Crippen molar-refractivity contribution in [2.75, 3.05) is 0 Å². The van der Waals surface area contributed by atoms with Gasteiger partial charge in [0.15, 0.2) is 9.84 Å². The van der Waals surface area contributed by atoms with Crippen LogP contribution in [0.2, 0.25) is 0 Å². The molecule has 0 N–H and O–H groups in total. The second-order valence-electron chi connectivity index (χ2n) is 4.26. The molecule has 5 nitrogen and oxygen atoms in total. The van der Waals surface area contributed by atoms with Crippen LogP contribution in [-0.2, 0) is 22.6 Å². The Hall–Kier alpha value is -1.51. The minimum absolute atomic E-state index is 0.0690. The molecule has 0 amide bonds. The molecule has 3 aromatic heterocycles. The lowest BCUT2D eigenvalue weighted by Crippen LogP contribution is -2.03. The fourth-order valence-electron chi connectivity index (χ4n) is 1.74. The van der Waals surface area contributed by atoms with Gasteiger partial charge >= 0.3 is 0 Å². The number of hydrogen-bond donors (Lipinski definition) is 0. The molecule has 0 aliphatic carbocycles. The fraction of sp³-hybridized carbons (Fsp3) is 0.167. The van der Waals surface area contributed by atoms with Crippen molar-refractivity contribution in [1.29, 1.82) is 0 Å². The van der Waals surface area contributed by atoms with E-state index in [2.05, 4.69) is 10.1 Å². The lowest BCUT2D eigenvalue weighted by molar-refractivity contribution is 0.595. The number of aryl methyl sites for hydroxylation is 1. The van der Waals surface area contributed by atoms with E-state index in [1.54, 1.807) is 33.1 Å². The van der Waals surface area contributed by atoms with Crippen LogP contribution < -0.4 is 0 Å². The van der Waals surface area contributed by atoms with Crippen molar-refractivity contribution in [3.05, 3.63) is 40.3 Å². The van der Waals surface area contributed by atoms with Gasteiger partial charge in [-0.05, 0) is 11.4 Å². The number of hydrogen-bond acceptors (Lipinski definition) is 6. The lowest BCUT2D eigenvalue weighted by atomic mass is 10.4. The summed E-state index contributed by atoms with van der Waals surface area (Å²) in [5, 5.41) is 10.1. The van der Waals surface area contributed by atoms with Gasteiger partial charge in [0.05, 0.1) is 22.5 Å². The molecule has 0 aliphatic rings. The van der Waals surface area contributed by atoms with E-state index >= 15 is 0 Å². The highest BCUT2D eigenvalue weighted by Crippen LogP contribution is 2.25.